The van der Waals surface area contributed by atoms with E-state index in [-0.39, 0.29) is 30.2 Å². The lowest BCUT2D eigenvalue weighted by atomic mass is 10.2. The van der Waals surface area contributed by atoms with Gasteiger partial charge in [0, 0.05) is 23.1 Å². The summed E-state index contributed by atoms with van der Waals surface area (Å²) in [6.45, 7) is 0.870. The number of nitrogens with zero attached hydrogens (tertiary/aromatic N) is 1. The molecule has 2 amide bonds. The molecule has 0 aromatic heterocycles. The number of carbonyl (C=O) groups is 2. The molecular formula is C19H20BrN3O6S. The second-order valence-electron chi connectivity index (χ2n) is 6.29. The molecule has 2 aromatic carbocycles. The summed E-state index contributed by atoms with van der Waals surface area (Å²) in [5, 5.41) is 0. The fourth-order valence-electron chi connectivity index (χ4n) is 2.65. The van der Waals surface area contributed by atoms with Crippen molar-refractivity contribution in [3.05, 3.63) is 58.6 Å². The summed E-state index contributed by atoms with van der Waals surface area (Å²) >= 11 is 3.30. The summed E-state index contributed by atoms with van der Waals surface area (Å²) in [7, 11) is -3.73. The van der Waals surface area contributed by atoms with Gasteiger partial charge in [0.05, 0.1) is 18.1 Å². The summed E-state index contributed by atoms with van der Waals surface area (Å²) in [6, 6.07) is 12.5. The number of morpholine rings is 1. The third kappa shape index (κ3) is 5.79. The highest BCUT2D eigenvalue weighted by molar-refractivity contribution is 9.10. The molecule has 2 N–H and O–H groups in total. The van der Waals surface area contributed by atoms with E-state index in [1.54, 1.807) is 24.3 Å². The van der Waals surface area contributed by atoms with Crippen LogP contribution < -0.4 is 15.6 Å². The number of carbonyl (C=O) groups excluding carboxylic acids is 2. The van der Waals surface area contributed by atoms with Crippen LogP contribution in [-0.4, -0.2) is 57.4 Å². The van der Waals surface area contributed by atoms with E-state index in [2.05, 4.69) is 26.8 Å². The summed E-state index contributed by atoms with van der Waals surface area (Å²) in [5.41, 5.74) is 4.58. The maximum Gasteiger partial charge on any atom is 0.276 e. The number of hydrogen-bond donors (Lipinski definition) is 2. The zero-order valence-electron chi connectivity index (χ0n) is 15.8. The average molecular weight is 498 g/mol. The molecule has 9 nitrogen and oxygen atoms in total. The molecule has 0 atom stereocenters. The molecule has 11 heteroatoms. The normalized spacial score (nSPS) is 14.7. The number of ether oxygens (including phenoxy) is 2. The Bertz CT molecular complexity index is 1010. The minimum absolute atomic E-state index is 0.00180. The van der Waals surface area contributed by atoms with Crippen LogP contribution in [0.15, 0.2) is 57.9 Å². The summed E-state index contributed by atoms with van der Waals surface area (Å²) in [4.78, 5) is 24.2. The Morgan fingerprint density at radius 3 is 2.47 bits per heavy atom. The molecule has 1 saturated heterocycles. The minimum Gasteiger partial charge on any atom is -0.484 e. The average Bonchev–Trinajstić information content (AvgIpc) is 2.77. The SMILES string of the molecule is O=C(COc1ccc(Br)cc1)NNC(=O)c1cccc(S(=O)(=O)N2CCOCC2)c1. The van der Waals surface area contributed by atoms with E-state index in [1.165, 1.54) is 28.6 Å². The van der Waals surface area contributed by atoms with E-state index in [4.69, 9.17) is 9.47 Å². The number of benzene rings is 2. The predicted octanol–water partition coefficient (Wildman–Crippen LogP) is 1.31. The third-order valence-electron chi connectivity index (χ3n) is 4.20. The van der Waals surface area contributed by atoms with Crippen molar-refractivity contribution in [3.8, 4) is 5.75 Å². The number of halogens is 1. The smallest absolute Gasteiger partial charge is 0.276 e. The van der Waals surface area contributed by atoms with Gasteiger partial charge in [0.25, 0.3) is 11.8 Å². The van der Waals surface area contributed by atoms with E-state index in [0.717, 1.165) is 4.47 Å². The molecular weight excluding hydrogens is 478 g/mol. The van der Waals surface area contributed by atoms with Crippen molar-refractivity contribution < 1.29 is 27.5 Å². The number of amides is 2. The van der Waals surface area contributed by atoms with Crippen LogP contribution in [-0.2, 0) is 19.6 Å². The van der Waals surface area contributed by atoms with Gasteiger partial charge in [-0.1, -0.05) is 22.0 Å². The van der Waals surface area contributed by atoms with E-state index < -0.39 is 21.8 Å². The first-order chi connectivity index (χ1) is 14.4. The van der Waals surface area contributed by atoms with Crippen molar-refractivity contribution in [1.82, 2.24) is 15.2 Å². The van der Waals surface area contributed by atoms with Crippen LogP contribution in [0.1, 0.15) is 10.4 Å². The molecule has 0 spiro atoms. The second kappa shape index (κ2) is 10.0. The maximum absolute atomic E-state index is 12.7. The Morgan fingerprint density at radius 2 is 1.77 bits per heavy atom. The second-order valence-corrected chi connectivity index (χ2v) is 9.14. The molecule has 1 aliphatic heterocycles. The molecule has 0 saturated carbocycles. The molecule has 1 fully saturated rings. The molecule has 3 rings (SSSR count). The van der Waals surface area contributed by atoms with E-state index in [0.29, 0.717) is 19.0 Å². The first kappa shape index (κ1) is 22.2. The van der Waals surface area contributed by atoms with E-state index in [1.807, 2.05) is 0 Å². The summed E-state index contributed by atoms with van der Waals surface area (Å²) < 4.78 is 38.1. The van der Waals surface area contributed by atoms with Gasteiger partial charge >= 0.3 is 0 Å². The van der Waals surface area contributed by atoms with Gasteiger partial charge in [-0.25, -0.2) is 8.42 Å². The lowest BCUT2D eigenvalue weighted by Crippen LogP contribution is -2.44. The molecule has 30 heavy (non-hydrogen) atoms. The van der Waals surface area contributed by atoms with Crippen LogP contribution in [0.2, 0.25) is 0 Å². The van der Waals surface area contributed by atoms with Gasteiger partial charge < -0.3 is 9.47 Å². The molecule has 0 bridgehead atoms. The number of hydrazine groups is 1. The van der Waals surface area contributed by atoms with E-state index >= 15 is 0 Å². The lowest BCUT2D eigenvalue weighted by molar-refractivity contribution is -0.123. The molecule has 1 aliphatic rings. The zero-order chi connectivity index (χ0) is 21.6. The van der Waals surface area contributed by atoms with Crippen LogP contribution in [0.4, 0.5) is 0 Å². The summed E-state index contributed by atoms with van der Waals surface area (Å²) in [6.07, 6.45) is 0. The van der Waals surface area contributed by atoms with E-state index in [9.17, 15) is 18.0 Å². The number of nitrogens with one attached hydrogen (secondary N) is 2. The highest BCUT2D eigenvalue weighted by atomic mass is 79.9. The highest BCUT2D eigenvalue weighted by Gasteiger charge is 2.26. The van der Waals surface area contributed by atoms with Crippen LogP contribution in [0.5, 0.6) is 5.75 Å². The quantitative estimate of drug-likeness (QED) is 0.581. The maximum atomic E-state index is 12.7. The molecule has 2 aromatic rings. The van der Waals surface area contributed by atoms with Crippen molar-refractivity contribution >= 4 is 37.8 Å². The Balaban J connectivity index is 1.55. The van der Waals surface area contributed by atoms with Crippen molar-refractivity contribution in [2.45, 2.75) is 4.90 Å². The zero-order valence-corrected chi connectivity index (χ0v) is 18.2. The Morgan fingerprint density at radius 1 is 1.07 bits per heavy atom. The van der Waals surface area contributed by atoms with Crippen molar-refractivity contribution in [1.29, 1.82) is 0 Å². The van der Waals surface area contributed by atoms with Crippen LogP contribution >= 0.6 is 15.9 Å². The van der Waals surface area contributed by atoms with Gasteiger partial charge in [0.1, 0.15) is 5.75 Å². The van der Waals surface area contributed by atoms with Gasteiger partial charge in [-0.2, -0.15) is 4.31 Å². The molecule has 0 radical (unpaired) electrons. The largest absolute Gasteiger partial charge is 0.484 e. The number of hydrogen-bond acceptors (Lipinski definition) is 6. The van der Waals surface area contributed by atoms with Gasteiger partial charge in [-0.3, -0.25) is 20.4 Å². The third-order valence-corrected chi connectivity index (χ3v) is 6.63. The van der Waals surface area contributed by atoms with Gasteiger partial charge in [0.2, 0.25) is 10.0 Å². The summed E-state index contributed by atoms with van der Waals surface area (Å²) in [5.74, 6) is -0.713. The highest BCUT2D eigenvalue weighted by Crippen LogP contribution is 2.18. The fourth-order valence-corrected chi connectivity index (χ4v) is 4.37. The van der Waals surface area contributed by atoms with Crippen LogP contribution in [0.25, 0.3) is 0 Å². The van der Waals surface area contributed by atoms with Gasteiger partial charge in [-0.15, -0.1) is 0 Å². The number of rotatable bonds is 6. The molecule has 0 aliphatic carbocycles. The predicted molar refractivity (Wildman–Crippen MR) is 111 cm³/mol. The Kier molecular flexibility index (Phi) is 7.43. The molecule has 160 valence electrons. The standard InChI is InChI=1S/C19H20BrN3O6S/c20-15-4-6-16(7-5-15)29-13-18(24)21-22-19(25)14-2-1-3-17(12-14)30(26,27)23-8-10-28-11-9-23/h1-7,12H,8-11,13H2,(H,21,24)(H,22,25). The van der Waals surface area contributed by atoms with Gasteiger partial charge in [-0.05, 0) is 42.5 Å². The number of sulfonamides is 1. The fraction of sp³-hybridized carbons (Fsp3) is 0.263. The Hall–Kier alpha value is -2.47. The monoisotopic (exact) mass is 497 g/mol. The van der Waals surface area contributed by atoms with Crippen molar-refractivity contribution in [2.24, 2.45) is 0 Å². The first-order valence-corrected chi connectivity index (χ1v) is 11.2. The molecule has 0 unspecified atom stereocenters. The minimum atomic E-state index is -3.73. The lowest BCUT2D eigenvalue weighted by Gasteiger charge is -2.26. The van der Waals surface area contributed by atoms with Crippen LogP contribution in [0.3, 0.4) is 0 Å². The first-order valence-electron chi connectivity index (χ1n) is 9.02. The topological polar surface area (TPSA) is 114 Å². The van der Waals surface area contributed by atoms with Gasteiger partial charge in [0.15, 0.2) is 6.61 Å². The van der Waals surface area contributed by atoms with Crippen LogP contribution in [0, 0.1) is 0 Å². The Labute approximate surface area is 182 Å². The van der Waals surface area contributed by atoms with Crippen molar-refractivity contribution in [3.63, 3.8) is 0 Å². The molecule has 1 heterocycles. The van der Waals surface area contributed by atoms with Crippen molar-refractivity contribution in [2.75, 3.05) is 32.9 Å².